The maximum absolute atomic E-state index is 11.3. The Hall–Kier alpha value is -0.970. The van der Waals surface area contributed by atoms with E-state index in [9.17, 15) is 4.21 Å². The Morgan fingerprint density at radius 2 is 2.29 bits per heavy atom. The average Bonchev–Trinajstić information content (AvgIpc) is 2.44. The molecule has 1 aromatic rings. The Morgan fingerprint density at radius 1 is 1.64 bits per heavy atom. The summed E-state index contributed by atoms with van der Waals surface area (Å²) in [4.78, 5) is 0. The molecule has 78 valence electrons. The molecule has 0 fully saturated rings. The summed E-state index contributed by atoms with van der Waals surface area (Å²) < 4.78 is 17.0. The number of aryl methyl sites for hydroxylation is 1. The molecule has 1 unspecified atom stereocenters. The first kappa shape index (κ1) is 11.1. The topological polar surface area (TPSA) is 47.2 Å². The maximum Gasteiger partial charge on any atom is 0.141 e. The summed E-state index contributed by atoms with van der Waals surface area (Å²) in [6.07, 6.45) is 3.34. The number of nitrogens with zero attached hydrogens (tertiary/aromatic N) is 3. The van der Waals surface area contributed by atoms with Crippen LogP contribution in [0.1, 0.15) is 25.1 Å². The van der Waals surface area contributed by atoms with E-state index >= 15 is 0 Å². The van der Waals surface area contributed by atoms with Gasteiger partial charge >= 0.3 is 0 Å². The first-order chi connectivity index (χ1) is 6.52. The van der Waals surface area contributed by atoms with Crippen LogP contribution in [0.2, 0.25) is 0 Å². The molecular formula is C9H15N3OS. The molecule has 0 aliphatic heterocycles. The molecule has 0 amide bonds. The van der Waals surface area contributed by atoms with E-state index in [-0.39, 0.29) is 5.25 Å². The summed E-state index contributed by atoms with van der Waals surface area (Å²) in [5.41, 5.74) is 1.94. The SMILES string of the molecule is Cc1c(/C=N/S(=O)C(C)C)cnn1C. The van der Waals surface area contributed by atoms with Crippen molar-refractivity contribution in [2.75, 3.05) is 0 Å². The molecule has 1 aromatic heterocycles. The quantitative estimate of drug-likeness (QED) is 0.709. The van der Waals surface area contributed by atoms with Gasteiger partial charge in [0.1, 0.15) is 11.0 Å². The molecular weight excluding hydrogens is 198 g/mol. The first-order valence-electron chi connectivity index (χ1n) is 4.45. The lowest BCUT2D eigenvalue weighted by atomic mass is 10.3. The molecule has 4 nitrogen and oxygen atoms in total. The smallest absolute Gasteiger partial charge is 0.141 e. The highest BCUT2D eigenvalue weighted by Crippen LogP contribution is 2.03. The zero-order chi connectivity index (χ0) is 10.7. The van der Waals surface area contributed by atoms with Gasteiger partial charge in [0.15, 0.2) is 0 Å². The molecule has 0 radical (unpaired) electrons. The second kappa shape index (κ2) is 4.50. The Bertz CT molecular complexity index is 368. The van der Waals surface area contributed by atoms with E-state index in [0.717, 1.165) is 11.3 Å². The number of hydrogen-bond donors (Lipinski definition) is 0. The van der Waals surface area contributed by atoms with Crippen LogP contribution in [0.4, 0.5) is 0 Å². The molecule has 0 bridgehead atoms. The fourth-order valence-electron chi connectivity index (χ4n) is 0.873. The third-order valence-corrected chi connectivity index (χ3v) is 3.09. The highest BCUT2D eigenvalue weighted by atomic mass is 32.2. The molecule has 0 saturated heterocycles. The zero-order valence-corrected chi connectivity index (χ0v) is 9.71. The number of rotatable bonds is 3. The van der Waals surface area contributed by atoms with Gasteiger partial charge in [-0.25, -0.2) is 4.21 Å². The van der Waals surface area contributed by atoms with E-state index in [1.54, 1.807) is 17.1 Å². The van der Waals surface area contributed by atoms with Crippen LogP contribution < -0.4 is 0 Å². The molecule has 1 heterocycles. The van der Waals surface area contributed by atoms with E-state index in [1.807, 2.05) is 27.8 Å². The summed E-state index contributed by atoms with van der Waals surface area (Å²) in [6, 6.07) is 0. The molecule has 0 aliphatic rings. The Morgan fingerprint density at radius 3 is 2.71 bits per heavy atom. The van der Waals surface area contributed by atoms with Crippen molar-refractivity contribution in [2.45, 2.75) is 26.0 Å². The van der Waals surface area contributed by atoms with Crippen LogP contribution in [-0.2, 0) is 18.0 Å². The van der Waals surface area contributed by atoms with Crippen LogP contribution in [0.25, 0.3) is 0 Å². The van der Waals surface area contributed by atoms with Crippen LogP contribution >= 0.6 is 0 Å². The van der Waals surface area contributed by atoms with Crippen molar-refractivity contribution in [2.24, 2.45) is 11.4 Å². The molecule has 0 spiro atoms. The third-order valence-electron chi connectivity index (χ3n) is 1.97. The van der Waals surface area contributed by atoms with Gasteiger partial charge in [-0.3, -0.25) is 4.68 Å². The first-order valence-corrected chi connectivity index (χ1v) is 5.62. The van der Waals surface area contributed by atoms with Crippen molar-refractivity contribution in [3.05, 3.63) is 17.5 Å². The molecule has 1 atom stereocenters. The number of hydrogen-bond acceptors (Lipinski definition) is 2. The van der Waals surface area contributed by atoms with E-state index < -0.39 is 11.0 Å². The van der Waals surface area contributed by atoms with Gasteiger partial charge in [-0.1, -0.05) is 0 Å². The van der Waals surface area contributed by atoms with Gasteiger partial charge in [-0.05, 0) is 20.8 Å². The summed E-state index contributed by atoms with van der Waals surface area (Å²) in [6.45, 7) is 5.71. The molecule has 0 aromatic carbocycles. The maximum atomic E-state index is 11.3. The molecule has 5 heteroatoms. The lowest BCUT2D eigenvalue weighted by molar-refractivity contribution is 0.678. The summed E-state index contributed by atoms with van der Waals surface area (Å²) in [5, 5.41) is 4.12. The number of aromatic nitrogens is 2. The lowest BCUT2D eigenvalue weighted by Gasteiger charge is -1.97. The van der Waals surface area contributed by atoms with E-state index in [4.69, 9.17) is 0 Å². The van der Waals surface area contributed by atoms with Crippen LogP contribution in [0.15, 0.2) is 10.6 Å². The summed E-state index contributed by atoms with van der Waals surface area (Å²) in [5.74, 6) is 0. The largest absolute Gasteiger partial charge is 0.272 e. The second-order valence-corrected chi connectivity index (χ2v) is 5.07. The van der Waals surface area contributed by atoms with Gasteiger partial charge in [-0.2, -0.15) is 9.50 Å². The Labute approximate surface area is 86.6 Å². The van der Waals surface area contributed by atoms with Gasteiger partial charge in [0.05, 0.1) is 11.4 Å². The molecule has 1 rings (SSSR count). The summed E-state index contributed by atoms with van der Waals surface area (Å²) in [7, 11) is 0.728. The van der Waals surface area contributed by atoms with Crippen molar-refractivity contribution < 1.29 is 4.21 Å². The summed E-state index contributed by atoms with van der Waals surface area (Å²) >= 11 is 0. The molecule has 0 saturated carbocycles. The fourth-order valence-corrected chi connectivity index (χ4v) is 1.33. The highest BCUT2D eigenvalue weighted by molar-refractivity contribution is 7.84. The van der Waals surface area contributed by atoms with Gasteiger partial charge in [0, 0.05) is 24.5 Å². The van der Waals surface area contributed by atoms with Crippen LogP contribution in [0.3, 0.4) is 0 Å². The van der Waals surface area contributed by atoms with E-state index in [1.165, 1.54) is 0 Å². The zero-order valence-electron chi connectivity index (χ0n) is 8.89. The molecule has 14 heavy (non-hydrogen) atoms. The van der Waals surface area contributed by atoms with Crippen LogP contribution in [0.5, 0.6) is 0 Å². The Balaban J connectivity index is 2.79. The van der Waals surface area contributed by atoms with Crippen molar-refractivity contribution in [3.63, 3.8) is 0 Å². The average molecular weight is 213 g/mol. The predicted molar refractivity (Wildman–Crippen MR) is 58.8 cm³/mol. The second-order valence-electron chi connectivity index (χ2n) is 3.37. The standard InChI is InChI=1S/C9H15N3OS/c1-7(2)14(13)11-6-9-5-10-12(4)8(9)3/h5-7H,1-4H3/b11-6+. The van der Waals surface area contributed by atoms with Crippen molar-refractivity contribution in [1.82, 2.24) is 9.78 Å². The van der Waals surface area contributed by atoms with Crippen LogP contribution in [-0.4, -0.2) is 25.5 Å². The fraction of sp³-hybridized carbons (Fsp3) is 0.556. The monoisotopic (exact) mass is 213 g/mol. The predicted octanol–water partition coefficient (Wildman–Crippen LogP) is 1.22. The molecule has 0 N–H and O–H groups in total. The van der Waals surface area contributed by atoms with Gasteiger partial charge in [0.2, 0.25) is 0 Å². The van der Waals surface area contributed by atoms with Crippen molar-refractivity contribution >= 4 is 17.2 Å². The van der Waals surface area contributed by atoms with Gasteiger partial charge in [-0.15, -0.1) is 0 Å². The van der Waals surface area contributed by atoms with Crippen molar-refractivity contribution in [3.8, 4) is 0 Å². The third kappa shape index (κ3) is 2.51. The lowest BCUT2D eigenvalue weighted by Crippen LogP contribution is -2.02. The minimum absolute atomic E-state index is 0.0585. The van der Waals surface area contributed by atoms with E-state index in [2.05, 4.69) is 9.50 Å². The van der Waals surface area contributed by atoms with Crippen molar-refractivity contribution in [1.29, 1.82) is 0 Å². The van der Waals surface area contributed by atoms with E-state index in [0.29, 0.717) is 0 Å². The van der Waals surface area contributed by atoms with Gasteiger partial charge in [0.25, 0.3) is 0 Å². The minimum atomic E-state index is -1.14. The normalized spacial score (nSPS) is 14.1. The Kier molecular flexibility index (Phi) is 3.57. The minimum Gasteiger partial charge on any atom is -0.272 e. The van der Waals surface area contributed by atoms with Crippen LogP contribution in [0, 0.1) is 6.92 Å². The highest BCUT2D eigenvalue weighted by Gasteiger charge is 2.03. The van der Waals surface area contributed by atoms with Gasteiger partial charge < -0.3 is 0 Å². The molecule has 0 aliphatic carbocycles.